The molecular formula is C15H18N4S. The third-order valence-corrected chi connectivity index (χ3v) is 3.85. The van der Waals surface area contributed by atoms with Crippen LogP contribution in [-0.4, -0.2) is 18.1 Å². The molecule has 0 fully saturated rings. The zero-order valence-electron chi connectivity index (χ0n) is 11.9. The van der Waals surface area contributed by atoms with E-state index in [1.165, 1.54) is 0 Å². The molecule has 1 N–H and O–H groups in total. The van der Waals surface area contributed by atoms with E-state index in [9.17, 15) is 0 Å². The van der Waals surface area contributed by atoms with Gasteiger partial charge < -0.3 is 10.2 Å². The number of rotatable bonds is 5. The van der Waals surface area contributed by atoms with Crippen LogP contribution in [0.2, 0.25) is 0 Å². The molecule has 0 radical (unpaired) electrons. The van der Waals surface area contributed by atoms with E-state index in [1.807, 2.05) is 30.1 Å². The maximum atomic E-state index is 8.95. The van der Waals surface area contributed by atoms with Crippen LogP contribution in [0.15, 0.2) is 29.6 Å². The van der Waals surface area contributed by atoms with Crippen molar-refractivity contribution in [3.05, 3.63) is 40.9 Å². The van der Waals surface area contributed by atoms with Gasteiger partial charge >= 0.3 is 0 Å². The van der Waals surface area contributed by atoms with E-state index >= 15 is 0 Å². The molecule has 0 unspecified atom stereocenters. The summed E-state index contributed by atoms with van der Waals surface area (Å²) in [4.78, 5) is 6.62. The smallest absolute Gasteiger partial charge is 0.189 e. The lowest BCUT2D eigenvalue weighted by atomic mass is 10.2. The second-order valence-electron chi connectivity index (χ2n) is 4.88. The predicted molar refractivity (Wildman–Crippen MR) is 83.3 cm³/mol. The summed E-state index contributed by atoms with van der Waals surface area (Å²) in [5.74, 6) is 0. The van der Waals surface area contributed by atoms with Crippen LogP contribution in [0, 0.1) is 11.3 Å². The summed E-state index contributed by atoms with van der Waals surface area (Å²) in [5, 5.41) is 15.3. The van der Waals surface area contributed by atoms with Gasteiger partial charge in [0.15, 0.2) is 5.13 Å². The molecule has 20 heavy (non-hydrogen) atoms. The number of benzene rings is 1. The van der Waals surface area contributed by atoms with Crippen molar-refractivity contribution < 1.29 is 0 Å². The van der Waals surface area contributed by atoms with E-state index in [0.717, 1.165) is 23.1 Å². The van der Waals surface area contributed by atoms with Crippen LogP contribution in [0.4, 0.5) is 10.8 Å². The first-order valence-corrected chi connectivity index (χ1v) is 7.40. The van der Waals surface area contributed by atoms with Crippen LogP contribution in [-0.2, 0) is 6.54 Å². The summed E-state index contributed by atoms with van der Waals surface area (Å²) >= 11 is 1.61. The van der Waals surface area contributed by atoms with Gasteiger partial charge in [-0.25, -0.2) is 4.98 Å². The lowest BCUT2D eigenvalue weighted by molar-refractivity contribution is 0.583. The Morgan fingerprint density at radius 3 is 2.95 bits per heavy atom. The number of nitrogens with zero attached hydrogens (tertiary/aromatic N) is 3. The molecule has 0 aliphatic heterocycles. The van der Waals surface area contributed by atoms with Gasteiger partial charge in [0.05, 0.1) is 17.3 Å². The van der Waals surface area contributed by atoms with Crippen molar-refractivity contribution >= 4 is 22.2 Å². The number of anilines is 2. The number of aromatic nitrogens is 1. The van der Waals surface area contributed by atoms with Crippen LogP contribution in [0.5, 0.6) is 0 Å². The third-order valence-electron chi connectivity index (χ3n) is 2.88. The standard InChI is InChI=1S/C15H18N4S/c1-11(2)17-9-13-10-20-15(18-13)19(3)14-6-4-5-12(7-14)8-16/h4-7,10-11,17H,9H2,1-3H3. The summed E-state index contributed by atoms with van der Waals surface area (Å²) in [6.45, 7) is 5.01. The van der Waals surface area contributed by atoms with Crippen LogP contribution < -0.4 is 10.2 Å². The van der Waals surface area contributed by atoms with Gasteiger partial charge in [-0.3, -0.25) is 0 Å². The van der Waals surface area contributed by atoms with Crippen LogP contribution in [0.1, 0.15) is 25.1 Å². The van der Waals surface area contributed by atoms with Gasteiger partial charge in [0.1, 0.15) is 0 Å². The Bertz CT molecular complexity index is 612. The first-order chi connectivity index (χ1) is 9.60. The maximum absolute atomic E-state index is 8.95. The van der Waals surface area contributed by atoms with Gasteiger partial charge in [0, 0.05) is 30.7 Å². The molecule has 0 amide bonds. The highest BCUT2D eigenvalue weighted by Gasteiger charge is 2.09. The molecule has 4 nitrogen and oxygen atoms in total. The average Bonchev–Trinajstić information content (AvgIpc) is 2.93. The summed E-state index contributed by atoms with van der Waals surface area (Å²) in [5.41, 5.74) is 2.68. The minimum Gasteiger partial charge on any atom is -0.321 e. The molecule has 0 bridgehead atoms. The van der Waals surface area contributed by atoms with E-state index in [2.05, 4.69) is 35.6 Å². The normalized spacial score (nSPS) is 10.6. The highest BCUT2D eigenvalue weighted by Crippen LogP contribution is 2.27. The Labute approximate surface area is 123 Å². The Hall–Kier alpha value is -1.90. The molecule has 1 heterocycles. The lowest BCUT2D eigenvalue weighted by Gasteiger charge is -2.15. The van der Waals surface area contributed by atoms with Gasteiger partial charge in [-0.2, -0.15) is 5.26 Å². The molecular weight excluding hydrogens is 268 g/mol. The SMILES string of the molecule is CC(C)NCc1csc(N(C)c2cccc(C#N)c2)n1. The third kappa shape index (κ3) is 3.56. The van der Waals surface area contributed by atoms with E-state index in [4.69, 9.17) is 5.26 Å². The molecule has 0 saturated carbocycles. The van der Waals surface area contributed by atoms with Crippen LogP contribution >= 0.6 is 11.3 Å². The lowest BCUT2D eigenvalue weighted by Crippen LogP contribution is -2.22. The fourth-order valence-electron chi connectivity index (χ4n) is 1.73. The van der Waals surface area contributed by atoms with Gasteiger partial charge in [-0.15, -0.1) is 11.3 Å². The number of nitrogens with one attached hydrogen (secondary N) is 1. The molecule has 0 atom stereocenters. The Morgan fingerprint density at radius 2 is 2.25 bits per heavy atom. The monoisotopic (exact) mass is 286 g/mol. The molecule has 1 aromatic heterocycles. The molecule has 0 saturated heterocycles. The maximum Gasteiger partial charge on any atom is 0.189 e. The highest BCUT2D eigenvalue weighted by molar-refractivity contribution is 7.13. The fourth-order valence-corrected chi connectivity index (χ4v) is 2.55. The second kappa shape index (κ2) is 6.51. The fraction of sp³-hybridized carbons (Fsp3) is 0.333. The zero-order valence-corrected chi connectivity index (χ0v) is 12.7. The summed E-state index contributed by atoms with van der Waals surface area (Å²) < 4.78 is 0. The van der Waals surface area contributed by atoms with Crippen LogP contribution in [0.3, 0.4) is 0 Å². The topological polar surface area (TPSA) is 52.0 Å². The molecule has 5 heteroatoms. The Balaban J connectivity index is 2.12. The number of hydrogen-bond acceptors (Lipinski definition) is 5. The molecule has 2 rings (SSSR count). The minimum atomic E-state index is 0.449. The zero-order chi connectivity index (χ0) is 14.5. The van der Waals surface area contributed by atoms with Gasteiger partial charge in [0.2, 0.25) is 0 Å². The number of nitriles is 1. The van der Waals surface area contributed by atoms with E-state index in [-0.39, 0.29) is 0 Å². The molecule has 0 aliphatic rings. The highest BCUT2D eigenvalue weighted by atomic mass is 32.1. The summed E-state index contributed by atoms with van der Waals surface area (Å²) in [7, 11) is 1.97. The Kier molecular flexibility index (Phi) is 4.72. The predicted octanol–water partition coefficient (Wildman–Crippen LogP) is 3.28. The van der Waals surface area contributed by atoms with Crippen molar-refractivity contribution in [3.8, 4) is 6.07 Å². The van der Waals surface area contributed by atoms with Crippen molar-refractivity contribution in [1.82, 2.24) is 10.3 Å². The number of thiazole rings is 1. The molecule has 0 spiro atoms. The van der Waals surface area contributed by atoms with Crippen molar-refractivity contribution in [1.29, 1.82) is 5.26 Å². The largest absolute Gasteiger partial charge is 0.321 e. The van der Waals surface area contributed by atoms with E-state index in [1.54, 1.807) is 17.4 Å². The van der Waals surface area contributed by atoms with Gasteiger partial charge in [-0.05, 0) is 18.2 Å². The quantitative estimate of drug-likeness (QED) is 0.916. The molecule has 1 aromatic carbocycles. The summed E-state index contributed by atoms with van der Waals surface area (Å²) in [6.07, 6.45) is 0. The number of hydrogen-bond donors (Lipinski definition) is 1. The average molecular weight is 286 g/mol. The van der Waals surface area contributed by atoms with Gasteiger partial charge in [-0.1, -0.05) is 19.9 Å². The van der Waals surface area contributed by atoms with E-state index < -0.39 is 0 Å². The molecule has 0 aliphatic carbocycles. The Morgan fingerprint density at radius 1 is 1.45 bits per heavy atom. The van der Waals surface area contributed by atoms with Gasteiger partial charge in [0.25, 0.3) is 0 Å². The second-order valence-corrected chi connectivity index (χ2v) is 5.71. The van der Waals surface area contributed by atoms with Crippen molar-refractivity contribution in [2.75, 3.05) is 11.9 Å². The first-order valence-electron chi connectivity index (χ1n) is 6.52. The molecule has 104 valence electrons. The van der Waals surface area contributed by atoms with Crippen molar-refractivity contribution in [2.24, 2.45) is 0 Å². The molecule has 2 aromatic rings. The minimum absolute atomic E-state index is 0.449. The van der Waals surface area contributed by atoms with E-state index in [0.29, 0.717) is 11.6 Å². The first kappa shape index (κ1) is 14.5. The summed E-state index contributed by atoms with van der Waals surface area (Å²) in [6, 6.07) is 10.1. The van der Waals surface area contributed by atoms with Crippen LogP contribution in [0.25, 0.3) is 0 Å². The van der Waals surface area contributed by atoms with Crippen molar-refractivity contribution in [2.45, 2.75) is 26.4 Å². The van der Waals surface area contributed by atoms with Crippen molar-refractivity contribution in [3.63, 3.8) is 0 Å².